The Morgan fingerprint density at radius 2 is 1.87 bits per heavy atom. The summed E-state index contributed by atoms with van der Waals surface area (Å²) in [5, 5.41) is 2.59. The minimum absolute atomic E-state index is 0.0496. The number of hydrogen-bond acceptors (Lipinski definition) is 5. The first kappa shape index (κ1) is 21.2. The van der Waals surface area contributed by atoms with Crippen LogP contribution in [0.4, 0.5) is 11.4 Å². The lowest BCUT2D eigenvalue weighted by Gasteiger charge is -2.17. The number of Topliss-reactive ketones (excluding diaryl/α,β-unsaturated/α-hetero) is 1. The van der Waals surface area contributed by atoms with Crippen LogP contribution in [0.1, 0.15) is 34.8 Å². The van der Waals surface area contributed by atoms with Crippen LogP contribution in [0.25, 0.3) is 0 Å². The van der Waals surface area contributed by atoms with Crippen LogP contribution in [0.2, 0.25) is 0 Å². The number of esters is 1. The third-order valence-electron chi connectivity index (χ3n) is 5.16. The van der Waals surface area contributed by atoms with E-state index in [2.05, 4.69) is 5.32 Å². The number of carbonyl (C=O) groups is 4. The summed E-state index contributed by atoms with van der Waals surface area (Å²) in [5.74, 6) is -1.97. The first-order valence-corrected chi connectivity index (χ1v) is 9.69. The topological polar surface area (TPSA) is 92.8 Å². The van der Waals surface area contributed by atoms with Crippen LogP contribution in [-0.2, 0) is 19.1 Å². The first-order valence-electron chi connectivity index (χ1n) is 9.69. The van der Waals surface area contributed by atoms with Gasteiger partial charge < -0.3 is 15.0 Å². The van der Waals surface area contributed by atoms with Gasteiger partial charge in [-0.15, -0.1) is 0 Å². The van der Waals surface area contributed by atoms with Crippen molar-refractivity contribution < 1.29 is 23.9 Å². The van der Waals surface area contributed by atoms with E-state index in [1.54, 1.807) is 29.2 Å². The molecule has 1 N–H and O–H groups in total. The van der Waals surface area contributed by atoms with Crippen molar-refractivity contribution in [1.82, 2.24) is 0 Å². The van der Waals surface area contributed by atoms with Gasteiger partial charge in [0.15, 0.2) is 12.4 Å². The van der Waals surface area contributed by atoms with Crippen molar-refractivity contribution in [2.75, 3.05) is 23.4 Å². The number of amides is 2. The Balaban J connectivity index is 1.54. The Labute approximate surface area is 175 Å². The number of carbonyl (C=O) groups excluding carboxylic acids is 4. The van der Waals surface area contributed by atoms with Crippen LogP contribution in [0.5, 0.6) is 0 Å². The summed E-state index contributed by atoms with van der Waals surface area (Å²) >= 11 is 0. The molecule has 7 heteroatoms. The molecule has 1 heterocycles. The third kappa shape index (κ3) is 4.92. The zero-order valence-electron chi connectivity index (χ0n) is 17.2. The molecule has 2 aromatic rings. The molecule has 0 radical (unpaired) electrons. The summed E-state index contributed by atoms with van der Waals surface area (Å²) in [7, 11) is 0. The van der Waals surface area contributed by atoms with Crippen molar-refractivity contribution in [3.63, 3.8) is 0 Å². The second-order valence-corrected chi connectivity index (χ2v) is 7.47. The molecular formula is C23H24N2O5. The van der Waals surface area contributed by atoms with Gasteiger partial charge in [-0.2, -0.15) is 0 Å². The standard InChI is InChI=1S/C23H24N2O5/c1-14-7-8-20(9-15(14)2)25-12-18(11-22(25)28)23(29)30-13-21(27)24-19-6-4-5-17(10-19)16(3)26/h4-10,18H,11-13H2,1-3H3,(H,24,27)/t18-/m0/s1. The lowest BCUT2D eigenvalue weighted by atomic mass is 10.1. The molecule has 0 bridgehead atoms. The van der Waals surface area contributed by atoms with Gasteiger partial charge >= 0.3 is 5.97 Å². The van der Waals surface area contributed by atoms with Crippen LogP contribution in [-0.4, -0.2) is 36.7 Å². The molecule has 0 aromatic heterocycles. The van der Waals surface area contributed by atoms with Crippen molar-refractivity contribution >= 4 is 34.9 Å². The van der Waals surface area contributed by atoms with Gasteiger partial charge in [-0.3, -0.25) is 19.2 Å². The van der Waals surface area contributed by atoms with Crippen molar-refractivity contribution in [3.8, 4) is 0 Å². The highest BCUT2D eigenvalue weighted by atomic mass is 16.5. The van der Waals surface area contributed by atoms with Gasteiger partial charge in [0.2, 0.25) is 5.91 Å². The van der Waals surface area contributed by atoms with E-state index in [1.165, 1.54) is 6.92 Å². The normalized spacial score (nSPS) is 15.8. The highest BCUT2D eigenvalue weighted by Crippen LogP contribution is 2.27. The molecule has 0 unspecified atom stereocenters. The number of ketones is 1. The molecule has 2 amide bonds. The minimum atomic E-state index is -0.618. The lowest BCUT2D eigenvalue weighted by molar-refractivity contribution is -0.151. The van der Waals surface area contributed by atoms with E-state index in [0.717, 1.165) is 16.8 Å². The fourth-order valence-electron chi connectivity index (χ4n) is 3.28. The maximum Gasteiger partial charge on any atom is 0.311 e. The van der Waals surface area contributed by atoms with Gasteiger partial charge in [0, 0.05) is 29.9 Å². The van der Waals surface area contributed by atoms with Gasteiger partial charge in [-0.05, 0) is 56.2 Å². The maximum atomic E-state index is 12.4. The second-order valence-electron chi connectivity index (χ2n) is 7.47. The van der Waals surface area contributed by atoms with E-state index in [1.807, 2.05) is 32.0 Å². The highest BCUT2D eigenvalue weighted by Gasteiger charge is 2.36. The number of benzene rings is 2. The SMILES string of the molecule is CC(=O)c1cccc(NC(=O)COC(=O)[C@H]2CC(=O)N(c3ccc(C)c(C)c3)C2)c1. The third-order valence-corrected chi connectivity index (χ3v) is 5.16. The highest BCUT2D eigenvalue weighted by molar-refractivity contribution is 6.00. The van der Waals surface area contributed by atoms with Crippen LogP contribution in [0.3, 0.4) is 0 Å². The molecule has 7 nitrogen and oxygen atoms in total. The predicted octanol–water partition coefficient (Wildman–Crippen LogP) is 3.04. The molecule has 30 heavy (non-hydrogen) atoms. The quantitative estimate of drug-likeness (QED) is 0.586. The van der Waals surface area contributed by atoms with E-state index in [9.17, 15) is 19.2 Å². The molecule has 2 aromatic carbocycles. The number of anilines is 2. The molecule has 0 saturated carbocycles. The number of hydrogen-bond donors (Lipinski definition) is 1. The summed E-state index contributed by atoms with van der Waals surface area (Å²) in [4.78, 5) is 49.8. The number of aryl methyl sites for hydroxylation is 2. The molecule has 1 fully saturated rings. The number of ether oxygens (including phenoxy) is 1. The lowest BCUT2D eigenvalue weighted by Crippen LogP contribution is -2.28. The van der Waals surface area contributed by atoms with Crippen molar-refractivity contribution in [1.29, 1.82) is 0 Å². The fraction of sp³-hybridized carbons (Fsp3) is 0.304. The molecule has 1 aliphatic heterocycles. The Bertz CT molecular complexity index is 1010. The molecule has 1 saturated heterocycles. The maximum absolute atomic E-state index is 12.4. The Morgan fingerprint density at radius 3 is 2.57 bits per heavy atom. The number of nitrogens with zero attached hydrogens (tertiary/aromatic N) is 1. The van der Waals surface area contributed by atoms with Crippen LogP contribution >= 0.6 is 0 Å². The van der Waals surface area contributed by atoms with Gasteiger partial charge in [-0.1, -0.05) is 18.2 Å². The molecular weight excluding hydrogens is 384 g/mol. The Kier molecular flexibility index (Phi) is 6.30. The fourth-order valence-corrected chi connectivity index (χ4v) is 3.28. The minimum Gasteiger partial charge on any atom is -0.455 e. The average molecular weight is 408 g/mol. The average Bonchev–Trinajstić information content (AvgIpc) is 3.10. The number of rotatable bonds is 6. The van der Waals surface area contributed by atoms with Crippen LogP contribution in [0.15, 0.2) is 42.5 Å². The van der Waals surface area contributed by atoms with E-state index in [4.69, 9.17) is 4.74 Å². The molecule has 0 aliphatic carbocycles. The molecule has 1 atom stereocenters. The summed E-state index contributed by atoms with van der Waals surface area (Å²) in [5.41, 5.74) is 3.86. The monoisotopic (exact) mass is 408 g/mol. The molecule has 1 aliphatic rings. The summed E-state index contributed by atoms with van der Waals surface area (Å²) in [6.07, 6.45) is 0.0496. The first-order chi connectivity index (χ1) is 14.2. The van der Waals surface area contributed by atoms with E-state index in [0.29, 0.717) is 11.3 Å². The van der Waals surface area contributed by atoms with Crippen molar-refractivity contribution in [2.24, 2.45) is 5.92 Å². The van der Waals surface area contributed by atoms with Crippen LogP contribution in [0, 0.1) is 19.8 Å². The molecule has 3 rings (SSSR count). The van der Waals surface area contributed by atoms with Crippen molar-refractivity contribution in [2.45, 2.75) is 27.2 Å². The van der Waals surface area contributed by atoms with Gasteiger partial charge in [0.05, 0.1) is 5.92 Å². The summed E-state index contributed by atoms with van der Waals surface area (Å²) < 4.78 is 5.12. The van der Waals surface area contributed by atoms with E-state index < -0.39 is 24.4 Å². The molecule has 156 valence electrons. The van der Waals surface area contributed by atoms with Crippen LogP contribution < -0.4 is 10.2 Å². The second kappa shape index (κ2) is 8.90. The van der Waals surface area contributed by atoms with Gasteiger partial charge in [0.1, 0.15) is 0 Å². The Hall–Kier alpha value is -3.48. The Morgan fingerprint density at radius 1 is 1.10 bits per heavy atom. The summed E-state index contributed by atoms with van der Waals surface area (Å²) in [6, 6.07) is 12.2. The van der Waals surface area contributed by atoms with Gasteiger partial charge in [-0.25, -0.2) is 0 Å². The smallest absolute Gasteiger partial charge is 0.311 e. The van der Waals surface area contributed by atoms with E-state index >= 15 is 0 Å². The summed E-state index contributed by atoms with van der Waals surface area (Å²) in [6.45, 7) is 5.16. The predicted molar refractivity (Wildman–Crippen MR) is 112 cm³/mol. The molecule has 0 spiro atoms. The largest absolute Gasteiger partial charge is 0.455 e. The zero-order chi connectivity index (χ0) is 21.8. The van der Waals surface area contributed by atoms with Gasteiger partial charge in [0.25, 0.3) is 5.91 Å². The number of nitrogens with one attached hydrogen (secondary N) is 1. The zero-order valence-corrected chi connectivity index (χ0v) is 17.2. The van der Waals surface area contributed by atoms with E-state index in [-0.39, 0.29) is 24.7 Å². The van der Waals surface area contributed by atoms with Crippen molar-refractivity contribution in [3.05, 3.63) is 59.2 Å².